The molecule has 0 fully saturated rings. The van der Waals surface area contributed by atoms with Crippen molar-refractivity contribution in [2.45, 2.75) is 30.8 Å². The molecular weight excluding hydrogens is 457 g/mol. The minimum atomic E-state index is -4.78. The molecule has 3 rings (SSSR count). The third-order valence-corrected chi connectivity index (χ3v) is 6.42. The lowest BCUT2D eigenvalue weighted by atomic mass is 10.1. The van der Waals surface area contributed by atoms with E-state index in [9.17, 15) is 21.6 Å². The van der Waals surface area contributed by atoms with Gasteiger partial charge in [0.15, 0.2) is 9.84 Å². The monoisotopic (exact) mass is 474 g/mol. The van der Waals surface area contributed by atoms with Crippen LogP contribution in [0.5, 0.6) is 11.5 Å². The second kappa shape index (κ2) is 8.88. The molecule has 0 saturated carbocycles. The Kier molecular flexibility index (Phi) is 6.61. The molecule has 2 aromatic carbocycles. The van der Waals surface area contributed by atoms with Crippen molar-refractivity contribution in [3.8, 4) is 22.9 Å². The van der Waals surface area contributed by atoms with Crippen LogP contribution in [0, 0.1) is 5.92 Å². The first-order chi connectivity index (χ1) is 14.5. The molecule has 0 unspecified atom stereocenters. The minimum absolute atomic E-state index is 0.0421. The van der Waals surface area contributed by atoms with Gasteiger partial charge in [-0.05, 0) is 36.2 Å². The molecule has 0 radical (unpaired) electrons. The number of rotatable bonds is 7. The number of ether oxygens (including phenoxy) is 1. The average Bonchev–Trinajstić information content (AvgIpc) is 3.16. The molecule has 0 N–H and O–H groups in total. The SMILES string of the molecule is CC(C)CS(=O)(=O)c1ccccc1Oc1ccc(-c2noc(CCl)n2)cc1C(F)(F)F. The number of benzene rings is 2. The summed E-state index contributed by atoms with van der Waals surface area (Å²) in [7, 11) is -3.76. The van der Waals surface area contributed by atoms with E-state index >= 15 is 0 Å². The summed E-state index contributed by atoms with van der Waals surface area (Å²) in [6.07, 6.45) is -4.78. The molecule has 0 atom stereocenters. The van der Waals surface area contributed by atoms with Gasteiger partial charge in [0.05, 0.1) is 11.3 Å². The lowest BCUT2D eigenvalue weighted by Gasteiger charge is -2.17. The molecule has 0 bridgehead atoms. The zero-order valence-electron chi connectivity index (χ0n) is 16.5. The van der Waals surface area contributed by atoms with Gasteiger partial charge in [0.25, 0.3) is 0 Å². The molecule has 1 heterocycles. The van der Waals surface area contributed by atoms with Crippen LogP contribution in [-0.4, -0.2) is 24.3 Å². The Morgan fingerprint density at radius 3 is 2.45 bits per heavy atom. The fraction of sp³-hybridized carbons (Fsp3) is 0.300. The van der Waals surface area contributed by atoms with Crippen LogP contribution in [0.3, 0.4) is 0 Å². The lowest BCUT2D eigenvalue weighted by Crippen LogP contribution is -2.13. The molecule has 1 aromatic heterocycles. The van der Waals surface area contributed by atoms with Gasteiger partial charge in [0, 0.05) is 5.56 Å². The lowest BCUT2D eigenvalue weighted by molar-refractivity contribution is -0.138. The summed E-state index contributed by atoms with van der Waals surface area (Å²) in [5.41, 5.74) is -1.07. The van der Waals surface area contributed by atoms with Gasteiger partial charge >= 0.3 is 6.18 Å². The van der Waals surface area contributed by atoms with Crippen molar-refractivity contribution in [1.82, 2.24) is 10.1 Å². The van der Waals surface area contributed by atoms with Crippen molar-refractivity contribution in [1.29, 1.82) is 0 Å². The fourth-order valence-electron chi connectivity index (χ4n) is 2.84. The van der Waals surface area contributed by atoms with Gasteiger partial charge in [-0.15, -0.1) is 11.6 Å². The molecule has 31 heavy (non-hydrogen) atoms. The van der Waals surface area contributed by atoms with Gasteiger partial charge < -0.3 is 9.26 Å². The second-order valence-corrected chi connectivity index (χ2v) is 9.35. The zero-order chi connectivity index (χ0) is 22.8. The highest BCUT2D eigenvalue weighted by Gasteiger charge is 2.36. The van der Waals surface area contributed by atoms with E-state index in [0.29, 0.717) is 0 Å². The first-order valence-electron chi connectivity index (χ1n) is 9.11. The summed E-state index contributed by atoms with van der Waals surface area (Å²) in [5.74, 6) is -1.16. The zero-order valence-corrected chi connectivity index (χ0v) is 18.1. The first-order valence-corrected chi connectivity index (χ1v) is 11.3. The van der Waals surface area contributed by atoms with E-state index in [1.165, 1.54) is 30.3 Å². The number of alkyl halides is 4. The average molecular weight is 475 g/mol. The van der Waals surface area contributed by atoms with E-state index < -0.39 is 27.3 Å². The number of nitrogens with zero attached hydrogens (tertiary/aromatic N) is 2. The fourth-order valence-corrected chi connectivity index (χ4v) is 4.71. The molecule has 166 valence electrons. The topological polar surface area (TPSA) is 82.3 Å². The molecule has 0 aliphatic heterocycles. The van der Waals surface area contributed by atoms with Gasteiger partial charge in [0.1, 0.15) is 22.3 Å². The van der Waals surface area contributed by atoms with Gasteiger partial charge in [-0.3, -0.25) is 0 Å². The van der Waals surface area contributed by atoms with Gasteiger partial charge in [-0.25, -0.2) is 8.42 Å². The molecule has 0 spiro atoms. The maximum atomic E-state index is 13.7. The highest BCUT2D eigenvalue weighted by Crippen LogP contribution is 2.41. The molecule has 0 saturated heterocycles. The molecule has 6 nitrogen and oxygen atoms in total. The molecular formula is C20H18ClF3N2O4S. The van der Waals surface area contributed by atoms with E-state index in [0.717, 1.165) is 12.1 Å². The van der Waals surface area contributed by atoms with Gasteiger partial charge in [-0.2, -0.15) is 18.2 Å². The largest absolute Gasteiger partial charge is 0.455 e. The Hall–Kier alpha value is -2.59. The quantitative estimate of drug-likeness (QED) is 0.407. The number of hydrogen-bond acceptors (Lipinski definition) is 6. The van der Waals surface area contributed by atoms with Gasteiger partial charge in [-0.1, -0.05) is 31.1 Å². The van der Waals surface area contributed by atoms with Crippen LogP contribution >= 0.6 is 11.6 Å². The highest BCUT2D eigenvalue weighted by atomic mass is 35.5. The van der Waals surface area contributed by atoms with Crippen LogP contribution in [0.25, 0.3) is 11.4 Å². The van der Waals surface area contributed by atoms with Gasteiger partial charge in [0.2, 0.25) is 11.7 Å². The number of para-hydroxylation sites is 1. The van der Waals surface area contributed by atoms with Crippen molar-refractivity contribution >= 4 is 21.4 Å². The summed E-state index contributed by atoms with van der Waals surface area (Å²) in [6, 6.07) is 8.80. The van der Waals surface area contributed by atoms with Crippen LogP contribution in [0.2, 0.25) is 0 Å². The van der Waals surface area contributed by atoms with Crippen molar-refractivity contribution in [3.05, 3.63) is 53.9 Å². The predicted octanol–water partition coefficient (Wildman–Crippen LogP) is 5.72. The third kappa shape index (κ3) is 5.37. The maximum Gasteiger partial charge on any atom is 0.420 e. The first kappa shape index (κ1) is 23.1. The van der Waals surface area contributed by atoms with Crippen LogP contribution in [0.1, 0.15) is 25.3 Å². The highest BCUT2D eigenvalue weighted by molar-refractivity contribution is 7.91. The van der Waals surface area contributed by atoms with Crippen molar-refractivity contribution in [3.63, 3.8) is 0 Å². The van der Waals surface area contributed by atoms with Crippen LogP contribution in [0.15, 0.2) is 51.9 Å². The van der Waals surface area contributed by atoms with Crippen LogP contribution < -0.4 is 4.74 Å². The number of aromatic nitrogens is 2. The summed E-state index contributed by atoms with van der Waals surface area (Å²) in [6.45, 7) is 3.46. The van der Waals surface area contributed by atoms with E-state index in [1.807, 2.05) is 0 Å². The normalized spacial score (nSPS) is 12.4. The minimum Gasteiger partial charge on any atom is -0.455 e. The van der Waals surface area contributed by atoms with E-state index in [4.69, 9.17) is 20.9 Å². The van der Waals surface area contributed by atoms with E-state index in [2.05, 4.69) is 10.1 Å². The van der Waals surface area contributed by atoms with Crippen molar-refractivity contribution in [2.24, 2.45) is 5.92 Å². The molecule has 0 aliphatic carbocycles. The Labute approximate surface area is 181 Å². The molecule has 0 aliphatic rings. The van der Waals surface area contributed by atoms with E-state index in [1.54, 1.807) is 13.8 Å². The summed E-state index contributed by atoms with van der Waals surface area (Å²) >= 11 is 5.58. The molecule has 11 heteroatoms. The summed E-state index contributed by atoms with van der Waals surface area (Å²) in [5, 5.41) is 3.61. The van der Waals surface area contributed by atoms with E-state index in [-0.39, 0.29) is 45.5 Å². The maximum absolute atomic E-state index is 13.7. The Morgan fingerprint density at radius 1 is 1.13 bits per heavy atom. The number of hydrogen-bond donors (Lipinski definition) is 0. The summed E-state index contributed by atoms with van der Waals surface area (Å²) < 4.78 is 76.9. The molecule has 0 amide bonds. The second-order valence-electron chi connectivity index (χ2n) is 7.08. The standard InChI is InChI=1S/C20H18ClF3N2O4S/c1-12(2)11-31(27,28)17-6-4-3-5-16(17)29-15-8-7-13(9-14(15)20(22,23)24)19-25-18(10-21)30-26-19/h3-9,12H,10-11H2,1-2H3. The van der Waals surface area contributed by atoms with Crippen LogP contribution in [0.4, 0.5) is 13.2 Å². The van der Waals surface area contributed by atoms with Crippen LogP contribution in [-0.2, 0) is 21.9 Å². The Balaban J connectivity index is 2.05. The van der Waals surface area contributed by atoms with Crippen molar-refractivity contribution in [2.75, 3.05) is 5.75 Å². The third-order valence-electron chi connectivity index (χ3n) is 4.08. The Morgan fingerprint density at radius 2 is 1.84 bits per heavy atom. The number of halogens is 4. The number of sulfone groups is 1. The smallest absolute Gasteiger partial charge is 0.420 e. The molecule has 3 aromatic rings. The predicted molar refractivity (Wildman–Crippen MR) is 108 cm³/mol. The Bertz CT molecular complexity index is 1180. The van der Waals surface area contributed by atoms with Crippen molar-refractivity contribution < 1.29 is 30.8 Å². The summed E-state index contributed by atoms with van der Waals surface area (Å²) in [4.78, 5) is 3.74.